The van der Waals surface area contributed by atoms with Gasteiger partial charge >= 0.3 is 14.0 Å². The number of carbonyl (C=O) groups excluding carboxylic acids is 3. The number of hydrogen-bond acceptors (Lipinski definition) is 9. The molecule has 198 valence electrons. The van der Waals surface area contributed by atoms with Crippen LogP contribution in [-0.2, 0) is 24.2 Å². The van der Waals surface area contributed by atoms with Crippen molar-refractivity contribution in [2.24, 2.45) is 4.99 Å². The Labute approximate surface area is 221 Å². The zero-order chi connectivity index (χ0) is 27.5. The summed E-state index contributed by atoms with van der Waals surface area (Å²) < 4.78 is 37.4. The van der Waals surface area contributed by atoms with Crippen molar-refractivity contribution in [3.05, 3.63) is 52.2 Å². The van der Waals surface area contributed by atoms with E-state index in [4.69, 9.17) is 12.8 Å². The Bertz CT molecular complexity index is 1200. The van der Waals surface area contributed by atoms with Gasteiger partial charge in [0.1, 0.15) is 18.0 Å². The lowest BCUT2D eigenvalue weighted by atomic mass is 10.2. The third-order valence-corrected chi connectivity index (χ3v) is 7.02. The average molecular weight is 548 g/mol. The third-order valence-electron chi connectivity index (χ3n) is 4.45. The SMILES string of the molecule is [B]OC=NCCCNC(=O)c1ccc(C(=O)NC[C@H](NS(=O)(=O)c2ccccc2)C(=O)OC(C)(C)C)s1. The van der Waals surface area contributed by atoms with Crippen LogP contribution < -0.4 is 15.4 Å². The van der Waals surface area contributed by atoms with Gasteiger partial charge in [-0.3, -0.25) is 19.4 Å². The van der Waals surface area contributed by atoms with E-state index in [0.29, 0.717) is 24.4 Å². The Morgan fingerprint density at radius 3 is 2.27 bits per heavy atom. The Hall–Kier alpha value is -3.23. The molecule has 11 nitrogen and oxygen atoms in total. The Balaban J connectivity index is 2.02. The van der Waals surface area contributed by atoms with Crippen molar-refractivity contribution in [3.63, 3.8) is 0 Å². The number of rotatable bonds is 13. The molecule has 2 amide bonds. The normalized spacial score (nSPS) is 12.6. The molecule has 0 spiro atoms. The van der Waals surface area contributed by atoms with E-state index < -0.39 is 33.5 Å². The lowest BCUT2D eigenvalue weighted by Gasteiger charge is -2.24. The van der Waals surface area contributed by atoms with Gasteiger partial charge in [0, 0.05) is 19.6 Å². The van der Waals surface area contributed by atoms with Crippen molar-refractivity contribution in [1.82, 2.24) is 15.4 Å². The van der Waals surface area contributed by atoms with Crippen LogP contribution in [0, 0.1) is 0 Å². The van der Waals surface area contributed by atoms with Gasteiger partial charge in [-0.2, -0.15) is 4.72 Å². The highest BCUT2D eigenvalue weighted by Crippen LogP contribution is 2.17. The van der Waals surface area contributed by atoms with Gasteiger partial charge in [-0.25, -0.2) is 8.42 Å². The first-order valence-electron chi connectivity index (χ1n) is 11.2. The van der Waals surface area contributed by atoms with Crippen LogP contribution in [0.25, 0.3) is 0 Å². The lowest BCUT2D eigenvalue weighted by Crippen LogP contribution is -2.50. The van der Waals surface area contributed by atoms with Crippen molar-refractivity contribution in [3.8, 4) is 0 Å². The number of nitrogens with zero attached hydrogens (tertiary/aromatic N) is 1. The van der Waals surface area contributed by atoms with Gasteiger partial charge in [-0.05, 0) is 51.5 Å². The second kappa shape index (κ2) is 13.9. The molecule has 0 aliphatic rings. The number of esters is 1. The van der Waals surface area contributed by atoms with Crippen LogP contribution in [0.4, 0.5) is 0 Å². The van der Waals surface area contributed by atoms with Gasteiger partial charge in [0.05, 0.1) is 14.6 Å². The second-order valence-electron chi connectivity index (χ2n) is 8.65. The highest BCUT2D eigenvalue weighted by molar-refractivity contribution is 7.89. The summed E-state index contributed by atoms with van der Waals surface area (Å²) in [6.45, 7) is 5.35. The van der Waals surface area contributed by atoms with E-state index in [-0.39, 0.29) is 22.2 Å². The monoisotopic (exact) mass is 548 g/mol. The molecule has 0 aliphatic heterocycles. The quantitative estimate of drug-likeness (QED) is 0.113. The number of nitrogens with one attached hydrogen (secondary N) is 3. The number of ether oxygens (including phenoxy) is 1. The summed E-state index contributed by atoms with van der Waals surface area (Å²) in [5.74, 6) is -1.78. The van der Waals surface area contributed by atoms with E-state index in [2.05, 4.69) is 25.0 Å². The summed E-state index contributed by atoms with van der Waals surface area (Å²) in [5, 5.41) is 5.25. The number of amides is 2. The van der Waals surface area contributed by atoms with Crippen LogP contribution in [0.2, 0.25) is 0 Å². The van der Waals surface area contributed by atoms with Crippen molar-refractivity contribution >= 4 is 53.6 Å². The molecule has 2 radical (unpaired) electrons. The molecule has 0 saturated carbocycles. The Morgan fingerprint density at radius 2 is 1.68 bits per heavy atom. The molecule has 2 aromatic rings. The van der Waals surface area contributed by atoms with Crippen LogP contribution in [0.1, 0.15) is 46.5 Å². The number of hydrogen-bond donors (Lipinski definition) is 3. The second-order valence-corrected chi connectivity index (χ2v) is 11.4. The zero-order valence-electron chi connectivity index (χ0n) is 20.7. The highest BCUT2D eigenvalue weighted by atomic mass is 32.2. The van der Waals surface area contributed by atoms with E-state index in [9.17, 15) is 22.8 Å². The maximum Gasteiger partial charge on any atom is 0.375 e. The molecule has 0 unspecified atom stereocenters. The molecule has 2 rings (SSSR count). The minimum atomic E-state index is -4.07. The third kappa shape index (κ3) is 10.3. The van der Waals surface area contributed by atoms with E-state index in [1.165, 1.54) is 24.3 Å². The van der Waals surface area contributed by atoms with Crippen LogP contribution >= 0.6 is 11.3 Å². The summed E-state index contributed by atoms with van der Waals surface area (Å²) in [6, 6.07) is 9.10. The molecule has 0 saturated heterocycles. The van der Waals surface area contributed by atoms with Crippen molar-refractivity contribution in [2.75, 3.05) is 19.6 Å². The Morgan fingerprint density at radius 1 is 1.05 bits per heavy atom. The minimum absolute atomic E-state index is 0.0386. The zero-order valence-corrected chi connectivity index (χ0v) is 22.4. The molecule has 1 atom stereocenters. The standard InChI is InChI=1S/C23H29BN4O7S2/c1-23(2,3)35-22(31)17(28-37(32,33)16-8-5-4-6-9-16)14-27-21(30)19-11-10-18(36-19)20(29)26-13-7-12-25-15-34-24/h4-6,8-11,15,17,28H,7,12-14H2,1-3H3,(H,26,29)(H,27,30)/t17-/m0/s1. The average Bonchev–Trinajstić information content (AvgIpc) is 3.33. The summed E-state index contributed by atoms with van der Waals surface area (Å²) in [5.41, 5.74) is -0.877. The van der Waals surface area contributed by atoms with Gasteiger partial charge < -0.3 is 20.0 Å². The summed E-state index contributed by atoms with van der Waals surface area (Å²) >= 11 is 0.956. The summed E-state index contributed by atoms with van der Waals surface area (Å²) in [4.78, 5) is 42.0. The predicted octanol–water partition coefficient (Wildman–Crippen LogP) is 1.42. The number of carbonyl (C=O) groups is 3. The minimum Gasteiger partial charge on any atom is -0.560 e. The fraction of sp³-hybridized carbons (Fsp3) is 0.391. The lowest BCUT2D eigenvalue weighted by molar-refractivity contribution is -0.156. The maximum absolute atomic E-state index is 12.8. The molecule has 37 heavy (non-hydrogen) atoms. The van der Waals surface area contributed by atoms with Gasteiger partial charge in [0.15, 0.2) is 0 Å². The smallest absolute Gasteiger partial charge is 0.375 e. The molecule has 0 bridgehead atoms. The molecule has 0 aliphatic carbocycles. The molecular weight excluding hydrogens is 519 g/mol. The first-order valence-corrected chi connectivity index (χ1v) is 13.5. The number of sulfonamides is 1. The van der Waals surface area contributed by atoms with Gasteiger partial charge in [-0.1, -0.05) is 18.2 Å². The van der Waals surface area contributed by atoms with E-state index in [1.54, 1.807) is 39.0 Å². The molecule has 3 N–H and O–H groups in total. The van der Waals surface area contributed by atoms with Gasteiger partial charge in [0.25, 0.3) is 11.8 Å². The molecule has 0 fully saturated rings. The fourth-order valence-corrected chi connectivity index (χ4v) is 4.86. The number of benzene rings is 1. The van der Waals surface area contributed by atoms with Crippen LogP contribution in [-0.4, -0.2) is 71.9 Å². The highest BCUT2D eigenvalue weighted by Gasteiger charge is 2.30. The molecule has 14 heteroatoms. The van der Waals surface area contributed by atoms with Crippen LogP contribution in [0.15, 0.2) is 52.4 Å². The Kier molecular flexibility index (Phi) is 11.3. The van der Waals surface area contributed by atoms with Crippen molar-refractivity contribution < 1.29 is 32.2 Å². The van der Waals surface area contributed by atoms with Gasteiger partial charge in [0.2, 0.25) is 10.0 Å². The summed E-state index contributed by atoms with van der Waals surface area (Å²) in [7, 11) is 0.748. The fourth-order valence-electron chi connectivity index (χ4n) is 2.82. The first-order chi connectivity index (χ1) is 17.4. The topological polar surface area (TPSA) is 152 Å². The first kappa shape index (κ1) is 30.0. The van der Waals surface area contributed by atoms with Crippen LogP contribution in [0.3, 0.4) is 0 Å². The predicted molar refractivity (Wildman–Crippen MR) is 140 cm³/mol. The van der Waals surface area contributed by atoms with Gasteiger partial charge in [-0.15, -0.1) is 11.3 Å². The molecule has 1 aromatic heterocycles. The van der Waals surface area contributed by atoms with E-state index >= 15 is 0 Å². The van der Waals surface area contributed by atoms with Crippen LogP contribution in [0.5, 0.6) is 0 Å². The molecule has 1 heterocycles. The molecule has 1 aromatic carbocycles. The largest absolute Gasteiger partial charge is 0.560 e. The van der Waals surface area contributed by atoms with Crippen molar-refractivity contribution in [1.29, 1.82) is 0 Å². The van der Waals surface area contributed by atoms with Crippen molar-refractivity contribution in [2.45, 2.75) is 43.7 Å². The maximum atomic E-state index is 12.8. The van der Waals surface area contributed by atoms with E-state index in [1.807, 2.05) is 0 Å². The van der Waals surface area contributed by atoms with E-state index in [0.717, 1.165) is 17.7 Å². The molecular formula is C23H29BN4O7S2. The summed E-state index contributed by atoms with van der Waals surface area (Å²) in [6.07, 6.45) is 1.67. The number of thiophene rings is 1. The number of aliphatic imine (C=N–C) groups is 1.